The molecule has 0 bridgehead atoms. The molecule has 2 amide bonds. The van der Waals surface area contributed by atoms with E-state index in [1.54, 1.807) is 6.07 Å². The molecule has 2 aromatic rings. The van der Waals surface area contributed by atoms with Gasteiger partial charge < -0.3 is 20.5 Å². The molecule has 2 aromatic carbocycles. The van der Waals surface area contributed by atoms with Crippen LogP contribution in [0.1, 0.15) is 15.9 Å². The first-order chi connectivity index (χ1) is 11.4. The molecule has 126 valence electrons. The van der Waals surface area contributed by atoms with Gasteiger partial charge in [-0.15, -0.1) is 0 Å². The molecule has 0 aliphatic heterocycles. The summed E-state index contributed by atoms with van der Waals surface area (Å²) in [7, 11) is 1.41. The van der Waals surface area contributed by atoms with Gasteiger partial charge in [-0.05, 0) is 36.8 Å². The minimum absolute atomic E-state index is 0.144. The van der Waals surface area contributed by atoms with Gasteiger partial charge in [-0.25, -0.2) is 0 Å². The van der Waals surface area contributed by atoms with Crippen molar-refractivity contribution in [1.29, 1.82) is 0 Å². The lowest BCUT2D eigenvalue weighted by molar-refractivity contribution is -0.119. The lowest BCUT2D eigenvalue weighted by Gasteiger charge is -2.13. The first kappa shape index (κ1) is 17.6. The molecule has 24 heavy (non-hydrogen) atoms. The van der Waals surface area contributed by atoms with E-state index in [9.17, 15) is 9.59 Å². The Morgan fingerprint density at radius 1 is 1.25 bits per heavy atom. The van der Waals surface area contributed by atoms with Crippen molar-refractivity contribution in [3.63, 3.8) is 0 Å². The molecule has 0 radical (unpaired) electrons. The first-order valence-electron chi connectivity index (χ1n) is 7.07. The number of rotatable bonds is 6. The van der Waals surface area contributed by atoms with Gasteiger partial charge in [0, 0.05) is 11.3 Å². The van der Waals surface area contributed by atoms with Crippen LogP contribution in [-0.4, -0.2) is 25.5 Å². The lowest BCUT2D eigenvalue weighted by Crippen LogP contribution is -2.20. The second-order valence-electron chi connectivity index (χ2n) is 5.07. The average Bonchev–Trinajstić information content (AvgIpc) is 2.52. The second-order valence-corrected chi connectivity index (χ2v) is 5.48. The third-order valence-electron chi connectivity index (χ3n) is 3.13. The van der Waals surface area contributed by atoms with Gasteiger partial charge in [0.1, 0.15) is 0 Å². The van der Waals surface area contributed by atoms with Crippen LogP contribution < -0.4 is 20.5 Å². The van der Waals surface area contributed by atoms with E-state index in [-0.39, 0.29) is 29.0 Å². The van der Waals surface area contributed by atoms with Gasteiger partial charge in [-0.2, -0.15) is 0 Å². The van der Waals surface area contributed by atoms with E-state index in [4.69, 9.17) is 26.8 Å². The molecule has 0 saturated carbocycles. The fraction of sp³-hybridized carbons (Fsp3) is 0.176. The summed E-state index contributed by atoms with van der Waals surface area (Å²) in [5.41, 5.74) is 7.04. The molecule has 0 unspecified atom stereocenters. The van der Waals surface area contributed by atoms with Crippen LogP contribution in [0.2, 0.25) is 5.02 Å². The molecule has 0 saturated heterocycles. The normalized spacial score (nSPS) is 10.1. The minimum Gasteiger partial charge on any atom is -0.493 e. The Hall–Kier alpha value is -2.73. The van der Waals surface area contributed by atoms with Crippen molar-refractivity contribution >= 4 is 29.1 Å². The number of primary amides is 1. The standard InChI is InChI=1S/C17H17ClN2O4/c1-10-4-3-5-12(6-10)20-17(22)11-7-13(18)16(14(8-11)23-2)24-9-15(19)21/h3-8H,9H2,1-2H3,(H2,19,21)(H,20,22). The first-order valence-corrected chi connectivity index (χ1v) is 7.45. The molecular formula is C17H17ClN2O4. The summed E-state index contributed by atoms with van der Waals surface area (Å²) in [5.74, 6) is -0.597. The van der Waals surface area contributed by atoms with E-state index in [1.165, 1.54) is 19.2 Å². The molecule has 0 spiro atoms. The summed E-state index contributed by atoms with van der Waals surface area (Å²) in [5, 5.41) is 2.92. The monoisotopic (exact) mass is 348 g/mol. The Morgan fingerprint density at radius 3 is 2.62 bits per heavy atom. The molecular weight excluding hydrogens is 332 g/mol. The SMILES string of the molecule is COc1cc(C(=O)Nc2cccc(C)c2)cc(Cl)c1OCC(N)=O. The van der Waals surface area contributed by atoms with E-state index in [1.807, 2.05) is 25.1 Å². The van der Waals surface area contributed by atoms with E-state index < -0.39 is 5.91 Å². The number of ether oxygens (including phenoxy) is 2. The van der Waals surface area contributed by atoms with Gasteiger partial charge in [0.05, 0.1) is 12.1 Å². The number of hydrogen-bond acceptors (Lipinski definition) is 4. The Balaban J connectivity index is 2.25. The van der Waals surface area contributed by atoms with Gasteiger partial charge in [-0.3, -0.25) is 9.59 Å². The van der Waals surface area contributed by atoms with Crippen LogP contribution in [0.3, 0.4) is 0 Å². The summed E-state index contributed by atoms with van der Waals surface area (Å²) >= 11 is 6.13. The number of amides is 2. The smallest absolute Gasteiger partial charge is 0.255 e. The van der Waals surface area contributed by atoms with E-state index in [2.05, 4.69) is 5.32 Å². The van der Waals surface area contributed by atoms with Crippen molar-refractivity contribution < 1.29 is 19.1 Å². The van der Waals surface area contributed by atoms with Crippen molar-refractivity contribution in [2.45, 2.75) is 6.92 Å². The number of carbonyl (C=O) groups is 2. The lowest BCUT2D eigenvalue weighted by atomic mass is 10.1. The summed E-state index contributed by atoms with van der Waals surface area (Å²) in [6, 6.07) is 10.3. The highest BCUT2D eigenvalue weighted by molar-refractivity contribution is 6.32. The van der Waals surface area contributed by atoms with Crippen LogP contribution in [0.25, 0.3) is 0 Å². The minimum atomic E-state index is -0.644. The molecule has 0 fully saturated rings. The molecule has 0 aliphatic carbocycles. The zero-order valence-corrected chi connectivity index (χ0v) is 14.0. The molecule has 3 N–H and O–H groups in total. The van der Waals surface area contributed by atoms with E-state index in [0.29, 0.717) is 11.3 Å². The van der Waals surface area contributed by atoms with Gasteiger partial charge >= 0.3 is 0 Å². The van der Waals surface area contributed by atoms with Crippen molar-refractivity contribution in [3.05, 3.63) is 52.5 Å². The number of anilines is 1. The molecule has 2 rings (SSSR count). The largest absolute Gasteiger partial charge is 0.493 e. The fourth-order valence-corrected chi connectivity index (χ4v) is 2.33. The molecule has 0 heterocycles. The van der Waals surface area contributed by atoms with Crippen molar-refractivity contribution in [2.24, 2.45) is 5.73 Å². The van der Waals surface area contributed by atoms with Crippen LogP contribution in [0.5, 0.6) is 11.5 Å². The number of aryl methyl sites for hydroxylation is 1. The summed E-state index contributed by atoms with van der Waals surface area (Å²) in [6.07, 6.45) is 0. The molecule has 0 atom stereocenters. The molecule has 0 aliphatic rings. The average molecular weight is 349 g/mol. The van der Waals surface area contributed by atoms with Gasteiger partial charge in [0.15, 0.2) is 18.1 Å². The Labute approximate surface area is 144 Å². The predicted octanol–water partition coefficient (Wildman–Crippen LogP) is 2.77. The number of nitrogens with one attached hydrogen (secondary N) is 1. The van der Waals surface area contributed by atoms with Crippen LogP contribution in [0, 0.1) is 6.92 Å². The zero-order chi connectivity index (χ0) is 17.7. The summed E-state index contributed by atoms with van der Waals surface area (Å²) in [6.45, 7) is 1.59. The quantitative estimate of drug-likeness (QED) is 0.839. The maximum absolute atomic E-state index is 12.4. The maximum atomic E-state index is 12.4. The van der Waals surface area contributed by atoms with Crippen LogP contribution in [0.4, 0.5) is 5.69 Å². The fourth-order valence-electron chi connectivity index (χ4n) is 2.06. The maximum Gasteiger partial charge on any atom is 0.255 e. The van der Waals surface area contributed by atoms with Crippen molar-refractivity contribution in [2.75, 3.05) is 19.0 Å². The van der Waals surface area contributed by atoms with Gasteiger partial charge in [0.2, 0.25) is 0 Å². The molecule has 6 nitrogen and oxygen atoms in total. The highest BCUT2D eigenvalue weighted by Gasteiger charge is 2.16. The zero-order valence-electron chi connectivity index (χ0n) is 13.3. The summed E-state index contributed by atoms with van der Waals surface area (Å²) in [4.78, 5) is 23.2. The molecule has 7 heteroatoms. The topological polar surface area (TPSA) is 90.7 Å². The third kappa shape index (κ3) is 4.39. The van der Waals surface area contributed by atoms with Crippen molar-refractivity contribution in [1.82, 2.24) is 0 Å². The van der Waals surface area contributed by atoms with Crippen LogP contribution in [0.15, 0.2) is 36.4 Å². The predicted molar refractivity (Wildman–Crippen MR) is 91.8 cm³/mol. The third-order valence-corrected chi connectivity index (χ3v) is 3.41. The number of hydrogen-bond donors (Lipinski definition) is 2. The van der Waals surface area contributed by atoms with Crippen molar-refractivity contribution in [3.8, 4) is 11.5 Å². The van der Waals surface area contributed by atoms with Crippen LogP contribution in [-0.2, 0) is 4.79 Å². The summed E-state index contributed by atoms with van der Waals surface area (Å²) < 4.78 is 10.4. The van der Waals surface area contributed by atoms with E-state index >= 15 is 0 Å². The number of carbonyl (C=O) groups excluding carboxylic acids is 2. The number of benzene rings is 2. The van der Waals surface area contributed by atoms with Gasteiger partial charge in [-0.1, -0.05) is 23.7 Å². The highest BCUT2D eigenvalue weighted by Crippen LogP contribution is 2.36. The Morgan fingerprint density at radius 2 is 2.00 bits per heavy atom. The highest BCUT2D eigenvalue weighted by atomic mass is 35.5. The Kier molecular flexibility index (Phi) is 5.65. The van der Waals surface area contributed by atoms with Crippen LogP contribution >= 0.6 is 11.6 Å². The number of nitrogens with two attached hydrogens (primary N) is 1. The van der Waals surface area contributed by atoms with Gasteiger partial charge in [0.25, 0.3) is 11.8 Å². The number of halogens is 1. The second kappa shape index (κ2) is 7.70. The van der Waals surface area contributed by atoms with E-state index in [0.717, 1.165) is 5.56 Å². The number of methoxy groups -OCH3 is 1. The molecule has 0 aromatic heterocycles. The Bertz CT molecular complexity index is 777.